The summed E-state index contributed by atoms with van der Waals surface area (Å²) in [5.74, 6) is -0.279. The van der Waals surface area contributed by atoms with E-state index in [2.05, 4.69) is 4.57 Å². The van der Waals surface area contributed by atoms with Crippen LogP contribution in [0.3, 0.4) is 0 Å². The standard InChI is InChI=1S/C21H22N3O5S/c25-24(26)21-3-1-19(2-4-21)17-20-7-12-23(13-8-20)15-14-22-10-5-18(6-11-22)9-16-30(27,28)29/h1-8,10-13H,9,14-17H2/q+1/p+1. The molecule has 0 aliphatic heterocycles. The van der Waals surface area contributed by atoms with Crippen molar-refractivity contribution in [2.24, 2.45) is 0 Å². The highest BCUT2D eigenvalue weighted by Gasteiger charge is 2.10. The van der Waals surface area contributed by atoms with E-state index in [1.54, 1.807) is 12.1 Å². The summed E-state index contributed by atoms with van der Waals surface area (Å²) in [6.45, 7) is 1.53. The molecule has 0 fully saturated rings. The molecule has 8 nitrogen and oxygen atoms in total. The lowest BCUT2D eigenvalue weighted by Crippen LogP contribution is -2.43. The second-order valence-electron chi connectivity index (χ2n) is 7.02. The lowest BCUT2D eigenvalue weighted by molar-refractivity contribution is -0.778. The van der Waals surface area contributed by atoms with Crippen molar-refractivity contribution >= 4 is 15.8 Å². The van der Waals surface area contributed by atoms with Gasteiger partial charge in [-0.25, -0.2) is 0 Å². The van der Waals surface area contributed by atoms with Gasteiger partial charge in [-0.3, -0.25) is 14.7 Å². The Balaban J connectivity index is 1.51. The summed E-state index contributed by atoms with van der Waals surface area (Å²) in [5, 5.41) is 10.7. The zero-order valence-electron chi connectivity index (χ0n) is 16.3. The molecule has 156 valence electrons. The first-order valence-electron chi connectivity index (χ1n) is 9.43. The molecular formula is C21H23N3O5S+2. The first kappa shape index (κ1) is 21.5. The van der Waals surface area contributed by atoms with Gasteiger partial charge in [0.25, 0.3) is 15.8 Å². The van der Waals surface area contributed by atoms with Gasteiger partial charge in [-0.05, 0) is 29.5 Å². The number of nitro benzene ring substituents is 1. The minimum Gasteiger partial charge on any atom is -0.286 e. The summed E-state index contributed by atoms with van der Waals surface area (Å²) < 4.78 is 34.5. The topological polar surface area (TPSA) is 105 Å². The van der Waals surface area contributed by atoms with Crippen LogP contribution in [0.5, 0.6) is 0 Å². The van der Waals surface area contributed by atoms with E-state index in [9.17, 15) is 18.5 Å². The quantitative estimate of drug-likeness (QED) is 0.242. The van der Waals surface area contributed by atoms with Crippen LogP contribution in [0.1, 0.15) is 16.7 Å². The number of rotatable bonds is 9. The fourth-order valence-electron chi connectivity index (χ4n) is 3.01. The predicted octanol–water partition coefficient (Wildman–Crippen LogP) is 1.89. The van der Waals surface area contributed by atoms with E-state index in [-0.39, 0.29) is 17.9 Å². The fraction of sp³-hybridized carbons (Fsp3) is 0.238. The maximum atomic E-state index is 10.8. The van der Waals surface area contributed by atoms with Gasteiger partial charge in [0.2, 0.25) is 13.1 Å². The van der Waals surface area contributed by atoms with Crippen LogP contribution in [0, 0.1) is 10.1 Å². The third-order valence-electron chi connectivity index (χ3n) is 4.74. The van der Waals surface area contributed by atoms with Gasteiger partial charge in [-0.1, -0.05) is 12.1 Å². The molecule has 0 spiro atoms. The molecule has 0 aliphatic carbocycles. The zero-order valence-corrected chi connectivity index (χ0v) is 17.1. The molecule has 1 aromatic carbocycles. The molecule has 1 N–H and O–H groups in total. The predicted molar refractivity (Wildman–Crippen MR) is 109 cm³/mol. The molecule has 0 saturated heterocycles. The minimum absolute atomic E-state index is 0.0913. The Morgan fingerprint density at radius 2 is 1.27 bits per heavy atom. The van der Waals surface area contributed by atoms with Crippen LogP contribution < -0.4 is 9.13 Å². The number of benzene rings is 1. The van der Waals surface area contributed by atoms with Crippen LogP contribution in [-0.2, 0) is 36.0 Å². The smallest absolute Gasteiger partial charge is 0.269 e. The highest BCUT2D eigenvalue weighted by molar-refractivity contribution is 7.85. The number of aromatic nitrogens is 2. The van der Waals surface area contributed by atoms with Crippen molar-refractivity contribution in [3.63, 3.8) is 0 Å². The van der Waals surface area contributed by atoms with E-state index in [0.29, 0.717) is 6.42 Å². The van der Waals surface area contributed by atoms with Gasteiger partial charge in [-0.2, -0.15) is 17.6 Å². The molecule has 0 radical (unpaired) electrons. The average Bonchev–Trinajstić information content (AvgIpc) is 2.72. The minimum atomic E-state index is -3.94. The molecule has 2 aromatic heterocycles. The van der Waals surface area contributed by atoms with E-state index in [4.69, 9.17) is 4.55 Å². The molecular weight excluding hydrogens is 406 g/mol. The second-order valence-corrected chi connectivity index (χ2v) is 8.60. The maximum absolute atomic E-state index is 10.8. The van der Waals surface area contributed by atoms with E-state index < -0.39 is 15.0 Å². The van der Waals surface area contributed by atoms with Gasteiger partial charge in [0, 0.05) is 36.4 Å². The van der Waals surface area contributed by atoms with E-state index in [0.717, 1.165) is 29.8 Å². The molecule has 0 unspecified atom stereocenters. The molecule has 9 heteroatoms. The third-order valence-corrected chi connectivity index (χ3v) is 5.46. The van der Waals surface area contributed by atoms with Crippen molar-refractivity contribution in [2.75, 3.05) is 5.75 Å². The molecule has 0 bridgehead atoms. The van der Waals surface area contributed by atoms with Gasteiger partial charge >= 0.3 is 0 Å². The van der Waals surface area contributed by atoms with Crippen molar-refractivity contribution in [1.82, 2.24) is 0 Å². The highest BCUT2D eigenvalue weighted by atomic mass is 32.2. The third kappa shape index (κ3) is 6.71. The first-order valence-corrected chi connectivity index (χ1v) is 11.0. The summed E-state index contributed by atoms with van der Waals surface area (Å²) in [4.78, 5) is 10.3. The molecule has 3 rings (SSSR count). The first-order chi connectivity index (χ1) is 14.3. The number of hydrogen-bond acceptors (Lipinski definition) is 4. The summed E-state index contributed by atoms with van der Waals surface area (Å²) in [7, 11) is -3.94. The Bertz CT molecular complexity index is 1100. The van der Waals surface area contributed by atoms with Gasteiger partial charge < -0.3 is 0 Å². The molecule has 2 heterocycles. The van der Waals surface area contributed by atoms with Crippen molar-refractivity contribution in [1.29, 1.82) is 0 Å². The normalized spacial score (nSPS) is 11.4. The number of nitro groups is 1. The van der Waals surface area contributed by atoms with Gasteiger partial charge in [0.1, 0.15) is 0 Å². The van der Waals surface area contributed by atoms with Crippen molar-refractivity contribution in [3.05, 3.63) is 100 Å². The van der Waals surface area contributed by atoms with Gasteiger partial charge in [0.05, 0.1) is 10.7 Å². The lowest BCUT2D eigenvalue weighted by atomic mass is 10.1. The zero-order chi connectivity index (χ0) is 21.6. The second kappa shape index (κ2) is 9.55. The Morgan fingerprint density at radius 1 is 0.800 bits per heavy atom. The SMILES string of the molecule is O=[N+]([O-])c1ccc(Cc2cc[n+](CC[n+]3ccc(CCS(=O)(=O)O)cc3)cc2)cc1. The Morgan fingerprint density at radius 3 is 1.73 bits per heavy atom. The summed E-state index contributed by atoms with van der Waals surface area (Å²) >= 11 is 0. The molecule has 3 aromatic rings. The van der Waals surface area contributed by atoms with Crippen molar-refractivity contribution < 1.29 is 27.0 Å². The van der Waals surface area contributed by atoms with E-state index >= 15 is 0 Å². The number of non-ortho nitro benzene ring substituents is 1. The Labute approximate surface area is 175 Å². The van der Waals surface area contributed by atoms with Crippen LogP contribution in [0.2, 0.25) is 0 Å². The Kier molecular flexibility index (Phi) is 6.86. The monoisotopic (exact) mass is 429 g/mol. The number of aryl methyl sites for hydroxylation is 3. The maximum Gasteiger partial charge on any atom is 0.269 e. The van der Waals surface area contributed by atoms with Crippen molar-refractivity contribution in [3.8, 4) is 0 Å². The van der Waals surface area contributed by atoms with Crippen molar-refractivity contribution in [2.45, 2.75) is 25.9 Å². The number of pyridine rings is 2. The van der Waals surface area contributed by atoms with Crippen LogP contribution >= 0.6 is 0 Å². The van der Waals surface area contributed by atoms with E-state index in [1.807, 2.05) is 53.6 Å². The van der Waals surface area contributed by atoms with Crippen LogP contribution in [0.15, 0.2) is 73.3 Å². The molecule has 30 heavy (non-hydrogen) atoms. The van der Waals surface area contributed by atoms with Gasteiger partial charge in [0.15, 0.2) is 24.8 Å². The molecule has 0 atom stereocenters. The van der Waals surface area contributed by atoms with Crippen LogP contribution in [-0.4, -0.2) is 23.6 Å². The highest BCUT2D eigenvalue weighted by Crippen LogP contribution is 2.14. The van der Waals surface area contributed by atoms with E-state index in [1.165, 1.54) is 12.1 Å². The largest absolute Gasteiger partial charge is 0.286 e. The average molecular weight is 429 g/mol. The summed E-state index contributed by atoms with van der Waals surface area (Å²) in [5.41, 5.74) is 3.08. The number of hydrogen-bond donors (Lipinski definition) is 1. The fourth-order valence-corrected chi connectivity index (χ4v) is 3.50. The molecule has 0 aliphatic rings. The van der Waals surface area contributed by atoms with Gasteiger partial charge in [-0.15, -0.1) is 0 Å². The Hall–Kier alpha value is -3.17. The number of nitrogens with zero attached hydrogens (tertiary/aromatic N) is 3. The van der Waals surface area contributed by atoms with Crippen LogP contribution in [0.4, 0.5) is 5.69 Å². The van der Waals surface area contributed by atoms with Crippen LogP contribution in [0.25, 0.3) is 0 Å². The summed E-state index contributed by atoms with van der Waals surface area (Å²) in [6, 6.07) is 14.3. The lowest BCUT2D eigenvalue weighted by Gasteiger charge is -2.02. The summed E-state index contributed by atoms with van der Waals surface area (Å²) in [6.07, 6.45) is 8.78. The molecule has 0 amide bonds. The molecule has 0 saturated carbocycles.